The molecule has 0 aromatic heterocycles. The van der Waals surface area contributed by atoms with Gasteiger partial charge < -0.3 is 10.6 Å². The van der Waals surface area contributed by atoms with Crippen molar-refractivity contribution in [2.45, 2.75) is 52.6 Å². The molecule has 0 unspecified atom stereocenters. The van der Waals surface area contributed by atoms with E-state index in [0.717, 1.165) is 38.4 Å². The number of hydrogen-bond acceptors (Lipinski definition) is 4. The lowest BCUT2D eigenvalue weighted by atomic mass is 9.98. The van der Waals surface area contributed by atoms with Crippen molar-refractivity contribution in [3.8, 4) is 0 Å². The minimum Gasteiger partial charge on any atom is -0.356 e. The normalized spacial score (nSPS) is 17.7. The molecule has 0 amide bonds. The van der Waals surface area contributed by atoms with Crippen LogP contribution in [0.4, 0.5) is 0 Å². The summed E-state index contributed by atoms with van der Waals surface area (Å²) in [5, 5.41) is 6.75. The lowest BCUT2D eigenvalue weighted by Crippen LogP contribution is -2.47. The third-order valence-electron chi connectivity index (χ3n) is 4.81. The second-order valence-electron chi connectivity index (χ2n) is 7.41. The Morgan fingerprint density at radius 1 is 1.15 bits per heavy atom. The number of sulfonamides is 1. The highest BCUT2D eigenvalue weighted by atomic mass is 127. The van der Waals surface area contributed by atoms with E-state index in [9.17, 15) is 8.42 Å². The van der Waals surface area contributed by atoms with E-state index in [4.69, 9.17) is 0 Å². The molecule has 0 aromatic rings. The number of halogens is 1. The average Bonchev–Trinajstić information content (AvgIpc) is 2.53. The van der Waals surface area contributed by atoms with Crippen LogP contribution in [-0.2, 0) is 10.0 Å². The fraction of sp³-hybridized carbons (Fsp3) is 0.941. The first-order valence-electron chi connectivity index (χ1n) is 9.30. The second-order valence-corrected chi connectivity index (χ2v) is 9.39. The molecule has 1 aliphatic rings. The molecule has 1 fully saturated rings. The Labute approximate surface area is 177 Å². The quantitative estimate of drug-likeness (QED) is 0.299. The summed E-state index contributed by atoms with van der Waals surface area (Å²) in [6, 6.07) is 1.05. The summed E-state index contributed by atoms with van der Waals surface area (Å²) in [4.78, 5) is 6.73. The monoisotopic (exact) mass is 503 g/mol. The van der Waals surface area contributed by atoms with Crippen LogP contribution >= 0.6 is 24.0 Å². The number of guanidine groups is 1. The highest BCUT2D eigenvalue weighted by Crippen LogP contribution is 2.18. The van der Waals surface area contributed by atoms with Crippen molar-refractivity contribution in [3.05, 3.63) is 0 Å². The third-order valence-corrected chi connectivity index (χ3v) is 6.12. The van der Waals surface area contributed by atoms with Crippen molar-refractivity contribution in [2.75, 3.05) is 46.0 Å². The minimum atomic E-state index is -3.05. The molecule has 1 rings (SSSR count). The maximum Gasteiger partial charge on any atom is 0.211 e. The highest BCUT2D eigenvalue weighted by molar-refractivity contribution is 14.0. The largest absolute Gasteiger partial charge is 0.356 e. The molecule has 156 valence electrons. The van der Waals surface area contributed by atoms with Crippen molar-refractivity contribution >= 4 is 40.0 Å². The number of nitrogens with zero attached hydrogens (tertiary/aromatic N) is 3. The fourth-order valence-electron chi connectivity index (χ4n) is 3.32. The lowest BCUT2D eigenvalue weighted by molar-refractivity contribution is 0.178. The predicted octanol–water partition coefficient (Wildman–Crippen LogP) is 1.56. The van der Waals surface area contributed by atoms with E-state index in [0.29, 0.717) is 31.1 Å². The molecule has 7 nitrogen and oxygen atoms in total. The Bertz CT molecular complexity index is 509. The fourth-order valence-corrected chi connectivity index (χ4v) is 4.20. The molecule has 26 heavy (non-hydrogen) atoms. The van der Waals surface area contributed by atoms with Crippen molar-refractivity contribution < 1.29 is 8.42 Å². The molecule has 1 saturated heterocycles. The van der Waals surface area contributed by atoms with Crippen molar-refractivity contribution in [2.24, 2.45) is 10.9 Å². The van der Waals surface area contributed by atoms with Crippen LogP contribution in [0.25, 0.3) is 0 Å². The van der Waals surface area contributed by atoms with Gasteiger partial charge in [0.25, 0.3) is 0 Å². The Hall–Kier alpha value is -0.130. The van der Waals surface area contributed by atoms with Gasteiger partial charge in [-0.05, 0) is 46.5 Å². The molecule has 0 aromatic carbocycles. The van der Waals surface area contributed by atoms with E-state index >= 15 is 0 Å². The molecule has 0 aliphatic carbocycles. The zero-order valence-corrected chi connectivity index (χ0v) is 20.3. The van der Waals surface area contributed by atoms with Crippen molar-refractivity contribution in [3.63, 3.8) is 0 Å². The highest BCUT2D eigenvalue weighted by Gasteiger charge is 2.24. The van der Waals surface area contributed by atoms with E-state index in [1.807, 2.05) is 0 Å². The van der Waals surface area contributed by atoms with E-state index in [2.05, 4.69) is 48.2 Å². The maximum atomic E-state index is 11.6. The van der Waals surface area contributed by atoms with Crippen LogP contribution in [0.1, 0.15) is 40.5 Å². The average molecular weight is 503 g/mol. The van der Waals surface area contributed by atoms with Crippen LogP contribution in [0.15, 0.2) is 4.99 Å². The smallest absolute Gasteiger partial charge is 0.211 e. The molecule has 0 saturated carbocycles. The Balaban J connectivity index is 0.00000625. The van der Waals surface area contributed by atoms with Crippen molar-refractivity contribution in [1.29, 1.82) is 0 Å². The summed E-state index contributed by atoms with van der Waals surface area (Å²) in [5.74, 6) is 1.30. The number of nitrogens with one attached hydrogen (secondary N) is 2. The number of aliphatic imine (C=N–C) groups is 1. The summed E-state index contributed by atoms with van der Waals surface area (Å²) in [7, 11) is -1.27. The van der Waals surface area contributed by atoms with Gasteiger partial charge >= 0.3 is 0 Å². The Morgan fingerprint density at radius 3 is 2.12 bits per heavy atom. The number of hydrogen-bond donors (Lipinski definition) is 2. The first kappa shape index (κ1) is 25.9. The molecule has 9 heteroatoms. The summed E-state index contributed by atoms with van der Waals surface area (Å²) in [6.45, 7) is 12.8. The lowest BCUT2D eigenvalue weighted by Gasteiger charge is -2.31. The molecule has 0 bridgehead atoms. The third kappa shape index (κ3) is 9.18. The van der Waals surface area contributed by atoms with Crippen LogP contribution in [0.5, 0.6) is 0 Å². The van der Waals surface area contributed by atoms with Crippen LogP contribution in [0, 0.1) is 5.92 Å². The SMILES string of the molecule is CN=C(NCCN(C(C)C)C(C)C)NCC1CCN(S(C)(=O)=O)CC1.I. The van der Waals surface area contributed by atoms with E-state index in [1.54, 1.807) is 11.4 Å². The predicted molar refractivity (Wildman–Crippen MR) is 121 cm³/mol. The zero-order valence-electron chi connectivity index (χ0n) is 17.2. The van der Waals surface area contributed by atoms with Crippen LogP contribution in [0.2, 0.25) is 0 Å². The molecule has 2 N–H and O–H groups in total. The van der Waals surface area contributed by atoms with Gasteiger partial charge in [0.05, 0.1) is 6.26 Å². The number of piperidine rings is 1. The van der Waals surface area contributed by atoms with E-state index in [1.165, 1.54) is 6.26 Å². The first-order chi connectivity index (χ1) is 11.6. The van der Waals surface area contributed by atoms with Gasteiger partial charge in [0, 0.05) is 51.9 Å². The standard InChI is InChI=1S/C17H37N5O2S.HI/c1-14(2)22(15(3)4)12-9-19-17(18-5)20-13-16-7-10-21(11-8-16)25(6,23)24;/h14-16H,7-13H2,1-6H3,(H2,18,19,20);1H. The topological polar surface area (TPSA) is 77.0 Å². The summed E-state index contributed by atoms with van der Waals surface area (Å²) < 4.78 is 24.7. The van der Waals surface area contributed by atoms with E-state index < -0.39 is 10.0 Å². The zero-order chi connectivity index (χ0) is 19.0. The van der Waals surface area contributed by atoms with Crippen LogP contribution in [-0.4, -0.2) is 81.7 Å². The molecule has 1 heterocycles. The molecular weight excluding hydrogens is 465 g/mol. The van der Waals surface area contributed by atoms with Gasteiger partial charge in [0.2, 0.25) is 10.0 Å². The Morgan fingerprint density at radius 2 is 1.69 bits per heavy atom. The van der Waals surface area contributed by atoms with Crippen LogP contribution < -0.4 is 10.6 Å². The van der Waals surface area contributed by atoms with Gasteiger partial charge in [-0.1, -0.05) is 0 Å². The molecule has 0 spiro atoms. The van der Waals surface area contributed by atoms with Gasteiger partial charge in [0.1, 0.15) is 0 Å². The minimum absolute atomic E-state index is 0. The Kier molecular flexibility index (Phi) is 12.3. The van der Waals surface area contributed by atoms with Crippen molar-refractivity contribution in [1.82, 2.24) is 19.8 Å². The molecule has 0 radical (unpaired) electrons. The maximum absolute atomic E-state index is 11.6. The first-order valence-corrected chi connectivity index (χ1v) is 11.1. The van der Waals surface area contributed by atoms with Gasteiger partial charge in [-0.2, -0.15) is 0 Å². The van der Waals surface area contributed by atoms with Crippen LogP contribution in [0.3, 0.4) is 0 Å². The van der Waals surface area contributed by atoms with Gasteiger partial charge in [-0.15, -0.1) is 24.0 Å². The summed E-state index contributed by atoms with van der Waals surface area (Å²) >= 11 is 0. The summed E-state index contributed by atoms with van der Waals surface area (Å²) in [6.07, 6.45) is 3.08. The molecular formula is C17H38IN5O2S. The molecule has 0 atom stereocenters. The second kappa shape index (κ2) is 12.4. The summed E-state index contributed by atoms with van der Waals surface area (Å²) in [5.41, 5.74) is 0. The van der Waals surface area contributed by atoms with Gasteiger partial charge in [0.15, 0.2) is 5.96 Å². The molecule has 1 aliphatic heterocycles. The number of rotatable bonds is 8. The van der Waals surface area contributed by atoms with Gasteiger partial charge in [-0.3, -0.25) is 9.89 Å². The van der Waals surface area contributed by atoms with Gasteiger partial charge in [-0.25, -0.2) is 12.7 Å². The van der Waals surface area contributed by atoms with E-state index in [-0.39, 0.29) is 24.0 Å².